The Kier molecular flexibility index (Phi) is 24.3. The van der Waals surface area contributed by atoms with Crippen molar-refractivity contribution in [3.63, 3.8) is 0 Å². The van der Waals surface area contributed by atoms with Crippen LogP contribution in [0.2, 0.25) is 0 Å². The van der Waals surface area contributed by atoms with E-state index in [-0.39, 0.29) is 43.2 Å². The van der Waals surface area contributed by atoms with Gasteiger partial charge < -0.3 is 10.2 Å². The van der Waals surface area contributed by atoms with Crippen LogP contribution in [0, 0.1) is 37.7 Å². The fourth-order valence-corrected chi connectivity index (χ4v) is 0. The summed E-state index contributed by atoms with van der Waals surface area (Å²) in [5.74, 6) is 0. The van der Waals surface area contributed by atoms with E-state index in [1.165, 1.54) is 0 Å². The third kappa shape index (κ3) is 228. The summed E-state index contributed by atoms with van der Waals surface area (Å²) >= 11 is 0. The molecule has 0 amide bonds. The third-order valence-electron chi connectivity index (χ3n) is 0. The topological polar surface area (TPSA) is 86.0 Å². The standard InChI is InChI=1S/CH2O3.Ar.O/c2-1(3)4;;/h(H2,2,3,4);;. The Balaban J connectivity index is -0.0000000450. The Bertz CT molecular complexity index is 30.5. The molecule has 0 rings (SSSR count). The van der Waals surface area contributed by atoms with E-state index in [2.05, 4.69) is 0 Å². The van der Waals surface area contributed by atoms with E-state index in [4.69, 9.17) is 15.0 Å². The molecule has 0 saturated heterocycles. The molecule has 0 spiro atoms. The molecule has 0 aliphatic rings. The molecule has 2 radical (unpaired) electrons. The van der Waals surface area contributed by atoms with Crippen LogP contribution in [-0.4, -0.2) is 16.4 Å². The summed E-state index contributed by atoms with van der Waals surface area (Å²) in [5, 5.41) is 13.9. The number of rotatable bonds is 0. The van der Waals surface area contributed by atoms with Gasteiger partial charge in [0.25, 0.3) is 0 Å². The van der Waals surface area contributed by atoms with Crippen molar-refractivity contribution in [1.82, 2.24) is 0 Å². The molecule has 4 nitrogen and oxygen atoms in total. The Hall–Kier alpha value is 0.490. The van der Waals surface area contributed by atoms with Gasteiger partial charge in [0.2, 0.25) is 0 Å². The van der Waals surface area contributed by atoms with Gasteiger partial charge in [-0.1, -0.05) is 0 Å². The number of hydrogen-bond donors (Lipinski definition) is 2. The molecule has 0 unspecified atom stereocenters. The van der Waals surface area contributed by atoms with Crippen molar-refractivity contribution in [3.8, 4) is 0 Å². The summed E-state index contributed by atoms with van der Waals surface area (Å²) in [6.07, 6.45) is -1.83. The Morgan fingerprint density at radius 2 is 1.33 bits per heavy atom. The van der Waals surface area contributed by atoms with Gasteiger partial charge in [-0.05, 0) is 0 Å². The largest absolute Gasteiger partial charge is 0.503 e. The molecule has 38 valence electrons. The van der Waals surface area contributed by atoms with E-state index < -0.39 is 6.16 Å². The Morgan fingerprint density at radius 1 is 1.33 bits per heavy atom. The molecule has 0 aliphatic carbocycles. The van der Waals surface area contributed by atoms with Crippen molar-refractivity contribution in [3.05, 3.63) is 0 Å². The average molecular weight is 118 g/mol. The fourth-order valence-electron chi connectivity index (χ4n) is 0. The molecule has 0 atom stereocenters. The van der Waals surface area contributed by atoms with E-state index in [1.807, 2.05) is 0 Å². The zero-order chi connectivity index (χ0) is 3.58. The molecule has 6 heavy (non-hydrogen) atoms. The number of hydrogen-bond acceptors (Lipinski definition) is 1. The van der Waals surface area contributed by atoms with Crippen LogP contribution < -0.4 is 0 Å². The van der Waals surface area contributed by atoms with E-state index in [0.29, 0.717) is 0 Å². The van der Waals surface area contributed by atoms with Crippen LogP contribution in [0.1, 0.15) is 0 Å². The zero-order valence-electron chi connectivity index (χ0n) is 2.56. The van der Waals surface area contributed by atoms with Crippen LogP contribution in [0.25, 0.3) is 0 Å². The Morgan fingerprint density at radius 3 is 1.33 bits per heavy atom. The minimum Gasteiger partial charge on any atom is -0.450 e. The first-order valence-corrected chi connectivity index (χ1v) is 0.651. The summed E-state index contributed by atoms with van der Waals surface area (Å²) in [5.41, 5.74) is 0. The van der Waals surface area contributed by atoms with Crippen molar-refractivity contribution in [2.24, 2.45) is 0 Å². The predicted molar refractivity (Wildman–Crippen MR) is 11.3 cm³/mol. The van der Waals surface area contributed by atoms with Gasteiger partial charge in [0, 0.05) is 43.2 Å². The number of carboxylic acid groups (broad SMARTS) is 2. The molecule has 0 heterocycles. The molecular weight excluding hydrogens is 116 g/mol. The van der Waals surface area contributed by atoms with Crippen molar-refractivity contribution in [2.75, 3.05) is 0 Å². The Labute approximate surface area is 64.1 Å². The molecule has 2 N–H and O–H groups in total. The second-order valence-electron chi connectivity index (χ2n) is 0.283. The minimum absolute atomic E-state index is 0. The minimum atomic E-state index is -1.83. The van der Waals surface area contributed by atoms with E-state index in [1.54, 1.807) is 0 Å². The zero-order valence-corrected chi connectivity index (χ0v) is 3.27. The van der Waals surface area contributed by atoms with Crippen LogP contribution in [0.15, 0.2) is 0 Å². The van der Waals surface area contributed by atoms with Gasteiger partial charge in [0.1, 0.15) is 0 Å². The smallest absolute Gasteiger partial charge is 0.450 e. The first-order valence-electron chi connectivity index (χ1n) is 0.651. The summed E-state index contributed by atoms with van der Waals surface area (Å²) < 4.78 is 0. The second-order valence-corrected chi connectivity index (χ2v) is 0.283. The average Bonchev–Trinajstić information content (AvgIpc) is 0.811. The van der Waals surface area contributed by atoms with Gasteiger partial charge >= 0.3 is 6.16 Å². The van der Waals surface area contributed by atoms with E-state index >= 15 is 0 Å². The van der Waals surface area contributed by atoms with Crippen LogP contribution >= 0.6 is 0 Å². The quantitative estimate of drug-likeness (QED) is 0.473. The van der Waals surface area contributed by atoms with Crippen LogP contribution in [-0.2, 0) is 5.48 Å². The second kappa shape index (κ2) is 9.09. The van der Waals surface area contributed by atoms with Gasteiger partial charge in [-0.3, -0.25) is 0 Å². The molecule has 0 aromatic carbocycles. The predicted octanol–water partition coefficient (Wildman–Crippen LogP) is 0.104. The van der Waals surface area contributed by atoms with E-state index in [0.717, 1.165) is 0 Å². The van der Waals surface area contributed by atoms with Gasteiger partial charge in [0.15, 0.2) is 0 Å². The third-order valence-corrected chi connectivity index (χ3v) is 0. The van der Waals surface area contributed by atoms with Crippen molar-refractivity contribution >= 4 is 6.16 Å². The molecule has 0 aromatic rings. The molecular formula is CH2ArO4. The maximum atomic E-state index is 8.56. The van der Waals surface area contributed by atoms with Crippen molar-refractivity contribution in [2.45, 2.75) is 0 Å². The SMILES string of the molecule is O=C(O)O.[Ar].[O]. The summed E-state index contributed by atoms with van der Waals surface area (Å²) in [7, 11) is 0. The maximum Gasteiger partial charge on any atom is 0.503 e. The van der Waals surface area contributed by atoms with E-state index in [9.17, 15) is 0 Å². The fraction of sp³-hybridized carbons (Fsp3) is 0. The van der Waals surface area contributed by atoms with Crippen LogP contribution in [0.4, 0.5) is 4.79 Å². The molecule has 0 aromatic heterocycles. The molecule has 0 aliphatic heterocycles. The summed E-state index contributed by atoms with van der Waals surface area (Å²) in [4.78, 5) is 8.56. The van der Waals surface area contributed by atoms with Crippen molar-refractivity contribution < 1.29 is 58.2 Å². The monoisotopic (exact) mass is 118 g/mol. The summed E-state index contributed by atoms with van der Waals surface area (Å²) in [6, 6.07) is 0. The molecule has 0 bridgehead atoms. The molecule has 0 saturated carbocycles. The van der Waals surface area contributed by atoms with Crippen molar-refractivity contribution in [1.29, 1.82) is 0 Å². The van der Waals surface area contributed by atoms with Crippen LogP contribution in [0.5, 0.6) is 0 Å². The molecule has 0 fully saturated rings. The first kappa shape index (κ1) is 16.1. The van der Waals surface area contributed by atoms with Gasteiger partial charge in [-0.2, -0.15) is 0 Å². The summed E-state index contributed by atoms with van der Waals surface area (Å²) in [6.45, 7) is 0. The van der Waals surface area contributed by atoms with Gasteiger partial charge in [-0.15, -0.1) is 0 Å². The first-order chi connectivity index (χ1) is 1.73. The molecule has 5 heteroatoms. The maximum absolute atomic E-state index is 8.56. The normalized spacial score (nSPS) is 4.00. The van der Waals surface area contributed by atoms with Crippen LogP contribution in [0.3, 0.4) is 0 Å². The van der Waals surface area contributed by atoms with Gasteiger partial charge in [0.05, 0.1) is 0 Å². The number of carbonyl (C=O) groups is 1. The van der Waals surface area contributed by atoms with Gasteiger partial charge in [-0.25, -0.2) is 4.79 Å².